The van der Waals surface area contributed by atoms with Crippen molar-refractivity contribution in [3.8, 4) is 16.9 Å². The maximum Gasteiger partial charge on any atom is 0.410 e. The minimum atomic E-state index is -4.79. The van der Waals surface area contributed by atoms with E-state index in [1.54, 1.807) is 25.3 Å². The van der Waals surface area contributed by atoms with E-state index in [0.29, 0.717) is 16.9 Å². The summed E-state index contributed by atoms with van der Waals surface area (Å²) in [4.78, 5) is 41.3. The van der Waals surface area contributed by atoms with Gasteiger partial charge in [0.25, 0.3) is 0 Å². The van der Waals surface area contributed by atoms with Gasteiger partial charge >= 0.3 is 11.9 Å². The molecule has 0 aliphatic carbocycles. The summed E-state index contributed by atoms with van der Waals surface area (Å²) in [7, 11) is 0. The number of nitrogens with zero attached hydrogens (tertiary/aromatic N) is 6. The van der Waals surface area contributed by atoms with Crippen LogP contribution in [0.2, 0.25) is 5.02 Å². The summed E-state index contributed by atoms with van der Waals surface area (Å²) < 4.78 is 59.5. The Kier molecular flexibility index (Phi) is 7.99. The Bertz CT molecular complexity index is 1810. The predicted octanol–water partition coefficient (Wildman–Crippen LogP) is 5.83. The molecule has 1 fully saturated rings. The Hall–Kier alpha value is -4.32. The number of fused-ring (bicyclic) bond motifs is 1. The molecule has 1 aromatic carbocycles. The van der Waals surface area contributed by atoms with Gasteiger partial charge in [0, 0.05) is 24.8 Å². The molecule has 0 N–H and O–H groups in total. The average Bonchev–Trinajstić information content (AvgIpc) is 2.96. The summed E-state index contributed by atoms with van der Waals surface area (Å²) in [6.07, 6.45) is -2.25. The minimum absolute atomic E-state index is 0.000947. The van der Waals surface area contributed by atoms with Gasteiger partial charge < -0.3 is 9.80 Å². The lowest BCUT2D eigenvalue weighted by molar-refractivity contribution is -0.159. The fourth-order valence-corrected chi connectivity index (χ4v) is 5.55. The fourth-order valence-electron chi connectivity index (χ4n) is 5.30. The Balaban J connectivity index is 1.85. The molecule has 0 spiro atoms. The molecule has 13 heteroatoms. The number of benzene rings is 1. The molecule has 1 amide bonds. The van der Waals surface area contributed by atoms with Crippen LogP contribution in [0.5, 0.6) is 0 Å². The average molecular weight is 615 g/mol. The van der Waals surface area contributed by atoms with Gasteiger partial charge in [0.15, 0.2) is 5.65 Å². The topological polar surface area (TPSA) is 84.2 Å². The number of aryl methyl sites for hydroxylation is 1. The van der Waals surface area contributed by atoms with E-state index >= 15 is 0 Å². The molecule has 8 nitrogen and oxygen atoms in total. The van der Waals surface area contributed by atoms with E-state index in [9.17, 15) is 27.2 Å². The van der Waals surface area contributed by atoms with Crippen LogP contribution < -0.4 is 10.6 Å². The molecule has 0 unspecified atom stereocenters. The maximum atomic E-state index is 14.9. The third kappa shape index (κ3) is 5.47. The lowest BCUT2D eigenvalue weighted by Crippen LogP contribution is -2.60. The zero-order valence-electron chi connectivity index (χ0n) is 23.5. The lowest BCUT2D eigenvalue weighted by Gasteiger charge is -2.42. The second-order valence-electron chi connectivity index (χ2n) is 10.5. The van der Waals surface area contributed by atoms with Crippen molar-refractivity contribution in [3.05, 3.63) is 87.8 Å². The van der Waals surface area contributed by atoms with Gasteiger partial charge in [0.1, 0.15) is 17.7 Å². The molecule has 4 heterocycles. The van der Waals surface area contributed by atoms with Gasteiger partial charge in [-0.25, -0.2) is 18.7 Å². The molecular formula is C30H27ClF4N6O2. The molecular weight excluding hydrogens is 588 g/mol. The van der Waals surface area contributed by atoms with Crippen molar-refractivity contribution in [2.45, 2.75) is 38.9 Å². The van der Waals surface area contributed by atoms with Crippen molar-refractivity contribution < 1.29 is 22.4 Å². The summed E-state index contributed by atoms with van der Waals surface area (Å²) in [6, 6.07) is 6.62. The fraction of sp³-hybridized carbons (Fsp3) is 0.300. The van der Waals surface area contributed by atoms with Crippen LogP contribution in [0.25, 0.3) is 28.0 Å². The van der Waals surface area contributed by atoms with Gasteiger partial charge in [-0.15, -0.1) is 0 Å². The number of pyridine rings is 2. The van der Waals surface area contributed by atoms with E-state index in [1.807, 2.05) is 13.8 Å². The summed E-state index contributed by atoms with van der Waals surface area (Å²) >= 11 is 6.62. The van der Waals surface area contributed by atoms with E-state index in [-0.39, 0.29) is 52.1 Å². The molecule has 0 saturated carbocycles. The van der Waals surface area contributed by atoms with E-state index in [1.165, 1.54) is 28.8 Å². The second-order valence-corrected chi connectivity index (χ2v) is 10.9. The molecule has 5 rings (SSSR count). The molecule has 43 heavy (non-hydrogen) atoms. The highest BCUT2D eigenvalue weighted by molar-refractivity contribution is 6.33. The maximum absolute atomic E-state index is 14.9. The van der Waals surface area contributed by atoms with Gasteiger partial charge in [-0.1, -0.05) is 44.2 Å². The summed E-state index contributed by atoms with van der Waals surface area (Å²) in [5.74, 6) is -1.72. The number of piperazine rings is 1. The number of amides is 1. The monoisotopic (exact) mass is 614 g/mol. The van der Waals surface area contributed by atoms with Crippen LogP contribution >= 0.6 is 11.6 Å². The van der Waals surface area contributed by atoms with E-state index in [4.69, 9.17) is 11.6 Å². The normalized spacial score (nSPS) is 15.8. The first-order valence-electron chi connectivity index (χ1n) is 13.4. The Morgan fingerprint density at radius 2 is 1.88 bits per heavy atom. The third-order valence-corrected chi connectivity index (χ3v) is 7.66. The number of hydrogen-bond acceptors (Lipinski definition) is 6. The molecule has 1 atom stereocenters. The van der Waals surface area contributed by atoms with Crippen molar-refractivity contribution in [2.75, 3.05) is 24.5 Å². The van der Waals surface area contributed by atoms with Crippen LogP contribution in [0.3, 0.4) is 0 Å². The summed E-state index contributed by atoms with van der Waals surface area (Å²) in [5.41, 5.74) is 0.621. The Morgan fingerprint density at radius 3 is 2.53 bits per heavy atom. The quantitative estimate of drug-likeness (QED) is 0.208. The van der Waals surface area contributed by atoms with E-state index in [0.717, 1.165) is 15.9 Å². The van der Waals surface area contributed by atoms with Crippen LogP contribution in [-0.4, -0.2) is 62.2 Å². The zero-order valence-corrected chi connectivity index (χ0v) is 24.2. The molecule has 0 bridgehead atoms. The molecule has 0 radical (unpaired) electrons. The molecule has 1 saturated heterocycles. The van der Waals surface area contributed by atoms with Gasteiger partial charge in [0.05, 0.1) is 34.0 Å². The van der Waals surface area contributed by atoms with Gasteiger partial charge in [-0.3, -0.25) is 9.78 Å². The van der Waals surface area contributed by atoms with Crippen molar-refractivity contribution in [2.24, 2.45) is 0 Å². The first kappa shape index (κ1) is 30.1. The van der Waals surface area contributed by atoms with Gasteiger partial charge in [0.2, 0.25) is 5.91 Å². The number of hydrogen-bond donors (Lipinski definition) is 0. The smallest absolute Gasteiger partial charge is 0.341 e. The highest BCUT2D eigenvalue weighted by Crippen LogP contribution is 2.38. The SMILES string of the molecule is C=CC(=O)N1CCN(c2nc(=O)n(-c3c(C)ccnc3C(C)C)c3nc(-c4ccccc4F)c(Cl)cc23)[C@@H](C(F)(F)F)C1. The molecule has 1 aliphatic heterocycles. The number of alkyl halides is 3. The van der Waals surface area contributed by atoms with Gasteiger partial charge in [-0.05, 0) is 48.7 Å². The van der Waals surface area contributed by atoms with Crippen LogP contribution in [0.1, 0.15) is 31.0 Å². The van der Waals surface area contributed by atoms with Crippen LogP contribution in [0, 0.1) is 12.7 Å². The minimum Gasteiger partial charge on any atom is -0.341 e. The Morgan fingerprint density at radius 1 is 1.16 bits per heavy atom. The van der Waals surface area contributed by atoms with Crippen molar-refractivity contribution >= 4 is 34.4 Å². The molecule has 3 aromatic heterocycles. The first-order valence-corrected chi connectivity index (χ1v) is 13.8. The van der Waals surface area contributed by atoms with Crippen LogP contribution in [-0.2, 0) is 4.79 Å². The van der Waals surface area contributed by atoms with Crippen molar-refractivity contribution in [3.63, 3.8) is 0 Å². The number of anilines is 1. The predicted molar refractivity (Wildman–Crippen MR) is 156 cm³/mol. The molecule has 4 aromatic rings. The number of carbonyl (C=O) groups excluding carboxylic acids is 1. The van der Waals surface area contributed by atoms with E-state index < -0.39 is 36.2 Å². The van der Waals surface area contributed by atoms with Gasteiger partial charge in [-0.2, -0.15) is 18.2 Å². The number of halogens is 5. The summed E-state index contributed by atoms with van der Waals surface area (Å²) in [6.45, 7) is 7.84. The highest BCUT2D eigenvalue weighted by atomic mass is 35.5. The van der Waals surface area contributed by atoms with Crippen molar-refractivity contribution in [1.29, 1.82) is 0 Å². The highest BCUT2D eigenvalue weighted by Gasteiger charge is 2.48. The van der Waals surface area contributed by atoms with Crippen LogP contribution in [0.4, 0.5) is 23.4 Å². The first-order chi connectivity index (χ1) is 20.3. The number of aromatic nitrogens is 4. The largest absolute Gasteiger partial charge is 0.410 e. The Labute approximate surface area is 249 Å². The lowest BCUT2D eigenvalue weighted by atomic mass is 10.0. The molecule has 224 valence electrons. The number of carbonyl (C=O) groups is 1. The third-order valence-electron chi connectivity index (χ3n) is 7.37. The van der Waals surface area contributed by atoms with E-state index in [2.05, 4.69) is 21.5 Å². The number of rotatable bonds is 5. The second kappa shape index (κ2) is 11.4. The summed E-state index contributed by atoms with van der Waals surface area (Å²) in [5, 5.41) is -0.0118. The van der Waals surface area contributed by atoms with Crippen molar-refractivity contribution in [1.82, 2.24) is 24.4 Å². The standard InChI is InChI=1S/C30H27ClF4N6O2/c1-5-23(42)39-12-13-40(22(15-39)30(33,34)35)27-19-14-20(31)25(18-8-6-7-9-21(18)32)37-28(19)41(29(43)38-27)26-17(4)10-11-36-24(26)16(2)3/h5-11,14,16,22H,1,12-13,15H2,2-4H3/t22-/m1/s1. The van der Waals surface area contributed by atoms with Crippen LogP contribution in [0.15, 0.2) is 60.0 Å². The zero-order chi connectivity index (χ0) is 31.2. The molecule has 1 aliphatic rings.